The summed E-state index contributed by atoms with van der Waals surface area (Å²) in [7, 11) is 0. The predicted molar refractivity (Wildman–Crippen MR) is 128 cm³/mol. The maximum atomic E-state index is 13.6. The Kier molecular flexibility index (Phi) is 8.04. The Labute approximate surface area is 197 Å². The molecule has 2 atom stereocenters. The third kappa shape index (κ3) is 5.51. The summed E-state index contributed by atoms with van der Waals surface area (Å²) in [6.07, 6.45) is 2.22. The standard InChI is InChI=1S/C23H31N5O4S/c1-4-17(22(30)26-12-16-6-5-11-32-16)28(15-9-7-14(8-10-15)13(2)3)23(31)20-18(24)19(21(25)29)27-33-20/h7-10,13,16-17H,4-6,11-12,24H2,1-3H3,(H2,25,29)(H,26,30). The molecule has 1 fully saturated rings. The van der Waals surface area contributed by atoms with Crippen LogP contribution in [-0.2, 0) is 9.53 Å². The second kappa shape index (κ2) is 10.8. The number of amides is 3. The van der Waals surface area contributed by atoms with E-state index in [1.165, 1.54) is 4.90 Å². The Bertz CT molecular complexity index is 999. The molecule has 2 aromatic rings. The minimum atomic E-state index is -0.808. The molecule has 1 aliphatic rings. The summed E-state index contributed by atoms with van der Waals surface area (Å²) < 4.78 is 9.54. The Hall–Kier alpha value is -2.98. The molecule has 0 saturated carbocycles. The summed E-state index contributed by atoms with van der Waals surface area (Å²) in [6, 6.07) is 6.71. The van der Waals surface area contributed by atoms with Gasteiger partial charge in [0.15, 0.2) is 5.69 Å². The molecule has 1 saturated heterocycles. The lowest BCUT2D eigenvalue weighted by Gasteiger charge is -2.30. The van der Waals surface area contributed by atoms with Gasteiger partial charge in [0.05, 0.1) is 11.8 Å². The topological polar surface area (TPSA) is 141 Å². The maximum Gasteiger partial charge on any atom is 0.272 e. The van der Waals surface area contributed by atoms with Gasteiger partial charge in [-0.15, -0.1) is 0 Å². The molecule has 10 heteroatoms. The highest BCUT2D eigenvalue weighted by atomic mass is 32.1. The molecule has 0 radical (unpaired) electrons. The molecule has 33 heavy (non-hydrogen) atoms. The number of hydrogen-bond donors (Lipinski definition) is 3. The van der Waals surface area contributed by atoms with Crippen LogP contribution in [0.5, 0.6) is 0 Å². The number of carbonyl (C=O) groups excluding carboxylic acids is 3. The van der Waals surface area contributed by atoms with E-state index < -0.39 is 17.9 Å². The van der Waals surface area contributed by atoms with Crippen molar-refractivity contribution in [1.29, 1.82) is 0 Å². The first kappa shape index (κ1) is 24.7. The van der Waals surface area contributed by atoms with Gasteiger partial charge in [-0.25, -0.2) is 0 Å². The summed E-state index contributed by atoms with van der Waals surface area (Å²) in [5.41, 5.74) is 12.8. The molecule has 0 aliphatic carbocycles. The van der Waals surface area contributed by atoms with Gasteiger partial charge in [-0.3, -0.25) is 19.3 Å². The summed E-state index contributed by atoms with van der Waals surface area (Å²) in [5, 5.41) is 2.92. The monoisotopic (exact) mass is 473 g/mol. The fraction of sp³-hybridized carbons (Fsp3) is 0.478. The van der Waals surface area contributed by atoms with Crippen molar-refractivity contribution in [3.05, 3.63) is 40.4 Å². The SMILES string of the molecule is CCC(C(=O)NCC1CCCO1)N(C(=O)c1snc(C(N)=O)c1N)c1ccc(C(C)C)cc1. The highest BCUT2D eigenvalue weighted by Crippen LogP contribution is 2.29. The van der Waals surface area contributed by atoms with Crippen LogP contribution in [0.2, 0.25) is 0 Å². The first-order valence-corrected chi connectivity index (χ1v) is 11.9. The number of hydrogen-bond acceptors (Lipinski definition) is 7. The third-order valence-electron chi connectivity index (χ3n) is 5.74. The number of nitrogens with zero attached hydrogens (tertiary/aromatic N) is 2. The Morgan fingerprint density at radius 1 is 1.27 bits per heavy atom. The van der Waals surface area contributed by atoms with Crippen molar-refractivity contribution in [2.45, 2.75) is 58.1 Å². The van der Waals surface area contributed by atoms with Crippen LogP contribution < -0.4 is 21.7 Å². The van der Waals surface area contributed by atoms with E-state index in [4.69, 9.17) is 16.2 Å². The summed E-state index contributed by atoms with van der Waals surface area (Å²) in [4.78, 5) is 39.9. The van der Waals surface area contributed by atoms with E-state index in [0.717, 1.165) is 29.9 Å². The average molecular weight is 474 g/mol. The van der Waals surface area contributed by atoms with Crippen LogP contribution in [0.3, 0.4) is 0 Å². The fourth-order valence-electron chi connectivity index (χ4n) is 3.82. The number of carbonyl (C=O) groups is 3. The van der Waals surface area contributed by atoms with E-state index in [-0.39, 0.29) is 28.3 Å². The maximum absolute atomic E-state index is 13.6. The van der Waals surface area contributed by atoms with E-state index in [1.807, 2.05) is 31.2 Å². The van der Waals surface area contributed by atoms with E-state index in [9.17, 15) is 14.4 Å². The highest BCUT2D eigenvalue weighted by Gasteiger charge is 2.34. The van der Waals surface area contributed by atoms with Crippen molar-refractivity contribution in [3.63, 3.8) is 0 Å². The van der Waals surface area contributed by atoms with E-state index >= 15 is 0 Å². The van der Waals surface area contributed by atoms with Crippen LogP contribution in [0.15, 0.2) is 24.3 Å². The molecular weight excluding hydrogens is 442 g/mol. The number of benzene rings is 1. The molecule has 2 heterocycles. The van der Waals surface area contributed by atoms with Crippen molar-refractivity contribution in [1.82, 2.24) is 9.69 Å². The summed E-state index contributed by atoms with van der Waals surface area (Å²) in [6.45, 7) is 7.07. The van der Waals surface area contributed by atoms with Gasteiger partial charge in [0, 0.05) is 18.8 Å². The van der Waals surface area contributed by atoms with Crippen LogP contribution in [0.4, 0.5) is 11.4 Å². The van der Waals surface area contributed by atoms with E-state index in [0.29, 0.717) is 31.2 Å². The quantitative estimate of drug-likeness (QED) is 0.511. The lowest BCUT2D eigenvalue weighted by Crippen LogP contribution is -2.50. The van der Waals surface area contributed by atoms with Crippen LogP contribution in [0.1, 0.15) is 71.7 Å². The Morgan fingerprint density at radius 3 is 2.48 bits per heavy atom. The van der Waals surface area contributed by atoms with Crippen molar-refractivity contribution in [3.8, 4) is 0 Å². The second-order valence-corrected chi connectivity index (χ2v) is 9.14. The van der Waals surface area contributed by atoms with Crippen LogP contribution >= 0.6 is 11.5 Å². The number of primary amides is 1. The zero-order valence-electron chi connectivity index (χ0n) is 19.2. The molecule has 0 bridgehead atoms. The molecule has 1 aromatic heterocycles. The third-order valence-corrected chi connectivity index (χ3v) is 6.59. The largest absolute Gasteiger partial charge is 0.395 e. The van der Waals surface area contributed by atoms with Crippen molar-refractivity contribution < 1.29 is 19.1 Å². The second-order valence-electron chi connectivity index (χ2n) is 8.36. The molecule has 1 aromatic carbocycles. The minimum Gasteiger partial charge on any atom is -0.395 e. The molecule has 178 valence electrons. The lowest BCUT2D eigenvalue weighted by molar-refractivity contribution is -0.122. The first-order valence-electron chi connectivity index (χ1n) is 11.1. The van der Waals surface area contributed by atoms with Crippen LogP contribution in [0, 0.1) is 0 Å². The molecule has 0 spiro atoms. The van der Waals surface area contributed by atoms with Gasteiger partial charge in [-0.05, 0) is 54.4 Å². The Balaban J connectivity index is 1.95. The van der Waals surface area contributed by atoms with Gasteiger partial charge >= 0.3 is 0 Å². The molecule has 1 aliphatic heterocycles. The number of nitrogens with two attached hydrogens (primary N) is 2. The summed E-state index contributed by atoms with van der Waals surface area (Å²) in [5.74, 6) is -1.28. The van der Waals surface area contributed by atoms with Crippen LogP contribution in [-0.4, -0.2) is 47.4 Å². The highest BCUT2D eigenvalue weighted by molar-refractivity contribution is 7.09. The van der Waals surface area contributed by atoms with E-state index in [2.05, 4.69) is 23.5 Å². The van der Waals surface area contributed by atoms with Gasteiger partial charge in [-0.2, -0.15) is 4.37 Å². The van der Waals surface area contributed by atoms with E-state index in [1.54, 1.807) is 0 Å². The molecule has 5 N–H and O–H groups in total. The van der Waals surface area contributed by atoms with Gasteiger partial charge in [0.1, 0.15) is 10.9 Å². The number of ether oxygens (including phenoxy) is 1. The number of anilines is 2. The lowest BCUT2D eigenvalue weighted by atomic mass is 10.0. The van der Waals surface area contributed by atoms with Gasteiger partial charge in [0.25, 0.3) is 11.8 Å². The van der Waals surface area contributed by atoms with Crippen LogP contribution in [0.25, 0.3) is 0 Å². The van der Waals surface area contributed by atoms with Gasteiger partial charge in [-0.1, -0.05) is 32.9 Å². The Morgan fingerprint density at radius 2 is 1.97 bits per heavy atom. The average Bonchev–Trinajstić information content (AvgIpc) is 3.45. The number of nitrogen functional groups attached to an aromatic ring is 1. The zero-order chi connectivity index (χ0) is 24.1. The van der Waals surface area contributed by atoms with Crippen molar-refractivity contribution in [2.75, 3.05) is 23.8 Å². The van der Waals surface area contributed by atoms with Crippen molar-refractivity contribution >= 4 is 40.6 Å². The first-order chi connectivity index (χ1) is 15.7. The smallest absolute Gasteiger partial charge is 0.272 e. The zero-order valence-corrected chi connectivity index (χ0v) is 20.0. The fourth-order valence-corrected chi connectivity index (χ4v) is 4.56. The number of nitrogens with one attached hydrogen (secondary N) is 1. The summed E-state index contributed by atoms with van der Waals surface area (Å²) >= 11 is 0.798. The number of aromatic nitrogens is 1. The predicted octanol–water partition coefficient (Wildman–Crippen LogP) is 2.67. The molecule has 2 unspecified atom stereocenters. The molecular formula is C23H31N5O4S. The molecule has 3 rings (SSSR count). The molecule has 3 amide bonds. The van der Waals surface area contributed by atoms with Gasteiger partial charge in [0.2, 0.25) is 5.91 Å². The number of rotatable bonds is 9. The molecule has 9 nitrogen and oxygen atoms in total. The normalized spacial score (nSPS) is 16.5. The van der Waals surface area contributed by atoms with Crippen molar-refractivity contribution in [2.24, 2.45) is 5.73 Å². The van der Waals surface area contributed by atoms with Gasteiger partial charge < -0.3 is 21.5 Å². The minimum absolute atomic E-state index is 0.0174.